The van der Waals surface area contributed by atoms with Crippen LogP contribution in [0.5, 0.6) is 0 Å². The Labute approximate surface area is 187 Å². The number of aromatic nitrogens is 3. The van der Waals surface area contributed by atoms with Crippen LogP contribution in [0.25, 0.3) is 22.3 Å². The van der Waals surface area contributed by atoms with E-state index in [4.69, 9.17) is 14.2 Å². The van der Waals surface area contributed by atoms with Crippen molar-refractivity contribution in [2.24, 2.45) is 0 Å². The average molecular weight is 433 g/mol. The fraction of sp³-hybridized carbons (Fsp3) is 0.500. The van der Waals surface area contributed by atoms with Crippen LogP contribution in [0.15, 0.2) is 22.7 Å². The fourth-order valence-corrected chi connectivity index (χ4v) is 4.79. The van der Waals surface area contributed by atoms with Gasteiger partial charge in [0.2, 0.25) is 11.7 Å². The Morgan fingerprint density at radius 1 is 1.09 bits per heavy atom. The van der Waals surface area contributed by atoms with E-state index in [0.717, 1.165) is 73.4 Å². The largest absolute Gasteiger partial charge is 0.380 e. The van der Waals surface area contributed by atoms with Crippen molar-refractivity contribution in [3.8, 4) is 17.5 Å². The molecule has 0 radical (unpaired) electrons. The molecule has 1 aromatic carbocycles. The zero-order valence-corrected chi connectivity index (χ0v) is 18.6. The number of anilines is 1. The Kier molecular flexibility index (Phi) is 5.77. The highest BCUT2D eigenvalue weighted by Gasteiger charge is 2.27. The first-order chi connectivity index (χ1) is 15.6. The second-order valence-corrected chi connectivity index (χ2v) is 8.83. The second-order valence-electron chi connectivity index (χ2n) is 8.83. The van der Waals surface area contributed by atoms with E-state index in [2.05, 4.69) is 26.4 Å². The van der Waals surface area contributed by atoms with Crippen LogP contribution in [-0.2, 0) is 4.74 Å². The molecule has 2 aliphatic rings. The predicted octanol–water partition coefficient (Wildman–Crippen LogP) is 3.51. The zero-order chi connectivity index (χ0) is 22.1. The van der Waals surface area contributed by atoms with Crippen LogP contribution in [0, 0.1) is 25.2 Å². The van der Waals surface area contributed by atoms with Gasteiger partial charge in [-0.05, 0) is 56.4 Å². The van der Waals surface area contributed by atoms with Crippen LogP contribution in [0.3, 0.4) is 0 Å². The number of aryl methyl sites for hydroxylation is 2. The molecule has 32 heavy (non-hydrogen) atoms. The Balaban J connectivity index is 1.46. The summed E-state index contributed by atoms with van der Waals surface area (Å²) in [5.74, 6) is 1.87. The number of pyridine rings is 1. The highest BCUT2D eigenvalue weighted by molar-refractivity contribution is 5.92. The van der Waals surface area contributed by atoms with Crippen molar-refractivity contribution in [2.75, 3.05) is 31.2 Å². The number of ether oxygens (including phenoxy) is 1. The van der Waals surface area contributed by atoms with E-state index in [1.54, 1.807) is 6.92 Å². The summed E-state index contributed by atoms with van der Waals surface area (Å²) in [7, 11) is 0. The number of fused-ring (bicyclic) bond motifs is 1. The number of nitrogens with zero attached hydrogens (tertiary/aromatic N) is 5. The molecule has 0 spiro atoms. The molecule has 0 amide bonds. The summed E-state index contributed by atoms with van der Waals surface area (Å²) in [5, 5.41) is 18.5. The molecule has 166 valence electrons. The zero-order valence-electron chi connectivity index (χ0n) is 18.6. The maximum absolute atomic E-state index is 9.68. The fourth-order valence-electron chi connectivity index (χ4n) is 4.79. The minimum absolute atomic E-state index is 0.457. The van der Waals surface area contributed by atoms with Crippen molar-refractivity contribution in [1.82, 2.24) is 20.4 Å². The van der Waals surface area contributed by atoms with Gasteiger partial charge in [0.05, 0.1) is 23.3 Å². The summed E-state index contributed by atoms with van der Waals surface area (Å²) >= 11 is 0. The number of hydrogen-bond donors (Lipinski definition) is 1. The van der Waals surface area contributed by atoms with Gasteiger partial charge in [-0.2, -0.15) is 10.2 Å². The van der Waals surface area contributed by atoms with E-state index in [1.807, 2.05) is 25.1 Å². The molecule has 1 atom stereocenters. The maximum Gasteiger partial charge on any atom is 0.223 e. The molecule has 0 unspecified atom stereocenters. The van der Waals surface area contributed by atoms with Crippen LogP contribution >= 0.6 is 0 Å². The molecule has 0 aliphatic carbocycles. The molecule has 2 saturated heterocycles. The lowest BCUT2D eigenvalue weighted by molar-refractivity contribution is 0.0650. The molecular weight excluding hydrogens is 404 g/mol. The van der Waals surface area contributed by atoms with Gasteiger partial charge in [-0.15, -0.1) is 0 Å². The Hall–Kier alpha value is -3.02. The van der Waals surface area contributed by atoms with Gasteiger partial charge in [0, 0.05) is 44.1 Å². The second kappa shape index (κ2) is 8.85. The van der Waals surface area contributed by atoms with Crippen LogP contribution < -0.4 is 10.2 Å². The minimum Gasteiger partial charge on any atom is -0.380 e. The van der Waals surface area contributed by atoms with Crippen LogP contribution in [0.2, 0.25) is 0 Å². The van der Waals surface area contributed by atoms with Gasteiger partial charge in [-0.3, -0.25) is 0 Å². The Bertz CT molecular complexity index is 1150. The van der Waals surface area contributed by atoms with Crippen LogP contribution in [-0.4, -0.2) is 53.5 Å². The summed E-state index contributed by atoms with van der Waals surface area (Å²) in [6.07, 6.45) is 4.37. The first kappa shape index (κ1) is 20.9. The summed E-state index contributed by atoms with van der Waals surface area (Å²) < 4.78 is 10.9. The molecule has 1 N–H and O–H groups in total. The molecule has 2 aromatic heterocycles. The highest BCUT2D eigenvalue weighted by atomic mass is 16.5. The van der Waals surface area contributed by atoms with E-state index in [0.29, 0.717) is 29.4 Å². The van der Waals surface area contributed by atoms with Gasteiger partial charge in [0.1, 0.15) is 11.9 Å². The van der Waals surface area contributed by atoms with E-state index in [-0.39, 0.29) is 0 Å². The Morgan fingerprint density at radius 2 is 1.94 bits per heavy atom. The summed E-state index contributed by atoms with van der Waals surface area (Å²) in [4.78, 5) is 11.7. The normalized spacial score (nSPS) is 19.9. The highest BCUT2D eigenvalue weighted by Crippen LogP contribution is 2.34. The van der Waals surface area contributed by atoms with Crippen molar-refractivity contribution >= 4 is 16.7 Å². The number of benzene rings is 1. The molecule has 0 saturated carbocycles. The molecule has 0 bridgehead atoms. The first-order valence-corrected chi connectivity index (χ1v) is 11.4. The van der Waals surface area contributed by atoms with Crippen LogP contribution in [0.1, 0.15) is 42.7 Å². The lowest BCUT2D eigenvalue weighted by atomic mass is 10.0. The van der Waals surface area contributed by atoms with Crippen molar-refractivity contribution < 1.29 is 9.26 Å². The van der Waals surface area contributed by atoms with Crippen molar-refractivity contribution in [3.05, 3.63) is 35.2 Å². The predicted molar refractivity (Wildman–Crippen MR) is 121 cm³/mol. The van der Waals surface area contributed by atoms with Gasteiger partial charge < -0.3 is 19.5 Å². The summed E-state index contributed by atoms with van der Waals surface area (Å²) in [6, 6.07) is 9.22. The van der Waals surface area contributed by atoms with Crippen molar-refractivity contribution in [1.29, 1.82) is 5.26 Å². The van der Waals surface area contributed by atoms with Gasteiger partial charge in [0.25, 0.3) is 0 Å². The third-order valence-corrected chi connectivity index (χ3v) is 6.36. The van der Waals surface area contributed by atoms with Crippen LogP contribution in [0.4, 0.5) is 5.82 Å². The molecule has 2 aliphatic heterocycles. The van der Waals surface area contributed by atoms with Crippen molar-refractivity contribution in [2.45, 2.75) is 51.6 Å². The van der Waals surface area contributed by atoms with Gasteiger partial charge in [0.15, 0.2) is 0 Å². The first-order valence-electron chi connectivity index (χ1n) is 11.4. The number of rotatable bonds is 4. The molecule has 2 fully saturated rings. The number of hydrogen-bond acceptors (Lipinski definition) is 8. The molecular formula is C24H28N6O2. The molecule has 8 heteroatoms. The van der Waals surface area contributed by atoms with E-state index in [1.165, 1.54) is 6.42 Å². The number of piperidine rings is 1. The van der Waals surface area contributed by atoms with E-state index >= 15 is 0 Å². The SMILES string of the molecule is Cc1cc(C#N)c2nc(N3CCC(N[C@@H]4CCCOC4)CC3)c(-c3noc(C)n3)cc2c1. The molecule has 5 rings (SSSR count). The standard InChI is InChI=1S/C24H28N6O2/c1-15-10-17-12-21(23-26-16(2)32-29-23)24(28-22(17)18(11-15)13-25)30-7-5-19(6-8-30)27-20-4-3-9-31-14-20/h10-12,19-20,27H,3-9,14H2,1-2H3/t20-/m1/s1. The van der Waals surface area contributed by atoms with Crippen molar-refractivity contribution in [3.63, 3.8) is 0 Å². The minimum atomic E-state index is 0.457. The molecule has 8 nitrogen and oxygen atoms in total. The molecule has 3 aromatic rings. The summed E-state index contributed by atoms with van der Waals surface area (Å²) in [6.45, 7) is 7.22. The topological polar surface area (TPSA) is 100 Å². The van der Waals surface area contributed by atoms with E-state index in [9.17, 15) is 5.26 Å². The number of nitrogens with one attached hydrogen (secondary N) is 1. The lowest BCUT2D eigenvalue weighted by Gasteiger charge is -2.36. The maximum atomic E-state index is 9.68. The number of nitriles is 1. The van der Waals surface area contributed by atoms with Gasteiger partial charge in [-0.1, -0.05) is 5.16 Å². The lowest BCUT2D eigenvalue weighted by Crippen LogP contribution is -2.48. The monoisotopic (exact) mass is 432 g/mol. The van der Waals surface area contributed by atoms with Gasteiger partial charge >= 0.3 is 0 Å². The molecule has 4 heterocycles. The third kappa shape index (κ3) is 4.18. The van der Waals surface area contributed by atoms with E-state index < -0.39 is 0 Å². The van der Waals surface area contributed by atoms with Gasteiger partial charge in [-0.25, -0.2) is 4.98 Å². The summed E-state index contributed by atoms with van der Waals surface area (Å²) in [5.41, 5.74) is 3.18. The smallest absolute Gasteiger partial charge is 0.223 e. The third-order valence-electron chi connectivity index (χ3n) is 6.36. The quantitative estimate of drug-likeness (QED) is 0.669. The Morgan fingerprint density at radius 3 is 2.62 bits per heavy atom. The average Bonchev–Trinajstić information content (AvgIpc) is 3.25.